The molecule has 1 saturated heterocycles. The molecule has 3 heteroatoms. The number of rotatable bonds is 4. The van der Waals surface area contributed by atoms with Crippen LogP contribution in [0.15, 0.2) is 12.1 Å². The lowest BCUT2D eigenvalue weighted by Crippen LogP contribution is -2.63. The van der Waals surface area contributed by atoms with Crippen molar-refractivity contribution in [3.05, 3.63) is 21.9 Å². The molecule has 108 valence electrons. The van der Waals surface area contributed by atoms with Gasteiger partial charge < -0.3 is 5.32 Å². The zero-order valence-corrected chi connectivity index (χ0v) is 13.8. The fourth-order valence-electron chi connectivity index (χ4n) is 2.96. The highest BCUT2D eigenvalue weighted by Crippen LogP contribution is 2.24. The first-order valence-corrected chi connectivity index (χ1v) is 8.31. The number of thiophene rings is 1. The van der Waals surface area contributed by atoms with E-state index in [1.807, 2.05) is 11.3 Å². The summed E-state index contributed by atoms with van der Waals surface area (Å²) in [6, 6.07) is 5.80. The summed E-state index contributed by atoms with van der Waals surface area (Å²) in [4.78, 5) is 5.64. The SMILES string of the molecule is CCC1(C)CN(C(C)Cc2ccc(C)s2)C(C)CN1. The number of piperazine rings is 1. The van der Waals surface area contributed by atoms with Gasteiger partial charge >= 0.3 is 0 Å². The van der Waals surface area contributed by atoms with Gasteiger partial charge in [0.1, 0.15) is 0 Å². The predicted molar refractivity (Wildman–Crippen MR) is 85.1 cm³/mol. The minimum absolute atomic E-state index is 0.284. The zero-order chi connectivity index (χ0) is 14.0. The van der Waals surface area contributed by atoms with Crippen LogP contribution in [0.4, 0.5) is 0 Å². The monoisotopic (exact) mass is 280 g/mol. The molecule has 0 aliphatic carbocycles. The van der Waals surface area contributed by atoms with Crippen molar-refractivity contribution >= 4 is 11.3 Å². The average Bonchev–Trinajstić information content (AvgIpc) is 2.78. The van der Waals surface area contributed by atoms with Gasteiger partial charge in [-0.25, -0.2) is 0 Å². The number of aryl methyl sites for hydroxylation is 1. The van der Waals surface area contributed by atoms with E-state index in [4.69, 9.17) is 0 Å². The van der Waals surface area contributed by atoms with Crippen molar-refractivity contribution in [2.75, 3.05) is 13.1 Å². The van der Waals surface area contributed by atoms with Crippen molar-refractivity contribution in [3.63, 3.8) is 0 Å². The van der Waals surface area contributed by atoms with E-state index in [0.29, 0.717) is 12.1 Å². The van der Waals surface area contributed by atoms with Crippen LogP contribution in [0.5, 0.6) is 0 Å². The van der Waals surface area contributed by atoms with E-state index in [0.717, 1.165) is 13.1 Å². The Hall–Kier alpha value is -0.380. The first-order chi connectivity index (χ1) is 8.93. The van der Waals surface area contributed by atoms with Gasteiger partial charge in [0, 0.05) is 40.5 Å². The van der Waals surface area contributed by atoms with Crippen LogP contribution in [0, 0.1) is 6.92 Å². The highest BCUT2D eigenvalue weighted by atomic mass is 32.1. The molecule has 1 fully saturated rings. The highest BCUT2D eigenvalue weighted by Gasteiger charge is 2.34. The molecule has 0 radical (unpaired) electrons. The van der Waals surface area contributed by atoms with Crippen LogP contribution in [-0.2, 0) is 6.42 Å². The molecule has 2 nitrogen and oxygen atoms in total. The topological polar surface area (TPSA) is 15.3 Å². The molecule has 0 amide bonds. The third kappa shape index (κ3) is 3.59. The van der Waals surface area contributed by atoms with Gasteiger partial charge in [-0.1, -0.05) is 6.92 Å². The maximum Gasteiger partial charge on any atom is 0.0278 e. The van der Waals surface area contributed by atoms with Gasteiger partial charge in [0.05, 0.1) is 0 Å². The van der Waals surface area contributed by atoms with Gasteiger partial charge in [0.25, 0.3) is 0 Å². The standard InChI is InChI=1S/C16H28N2S/c1-6-16(5)11-18(13(3)10-17-16)12(2)9-15-8-7-14(4)19-15/h7-8,12-13,17H,6,9-11H2,1-5H3. The second kappa shape index (κ2) is 5.94. The van der Waals surface area contributed by atoms with Crippen molar-refractivity contribution in [1.29, 1.82) is 0 Å². The summed E-state index contributed by atoms with van der Waals surface area (Å²) in [5.41, 5.74) is 0.284. The Morgan fingerprint density at radius 3 is 2.84 bits per heavy atom. The number of hydrogen-bond acceptors (Lipinski definition) is 3. The summed E-state index contributed by atoms with van der Waals surface area (Å²) in [7, 11) is 0. The van der Waals surface area contributed by atoms with Crippen molar-refractivity contribution in [1.82, 2.24) is 10.2 Å². The lowest BCUT2D eigenvalue weighted by molar-refractivity contribution is 0.0604. The Kier molecular flexibility index (Phi) is 4.70. The molecule has 1 aliphatic rings. The Morgan fingerprint density at radius 2 is 2.26 bits per heavy atom. The summed E-state index contributed by atoms with van der Waals surface area (Å²) in [5.74, 6) is 0. The first-order valence-electron chi connectivity index (χ1n) is 7.49. The van der Waals surface area contributed by atoms with Crippen molar-refractivity contribution in [3.8, 4) is 0 Å². The molecule has 19 heavy (non-hydrogen) atoms. The minimum atomic E-state index is 0.284. The molecule has 1 aromatic heterocycles. The van der Waals surface area contributed by atoms with Crippen LogP contribution in [-0.4, -0.2) is 35.6 Å². The predicted octanol–water partition coefficient (Wildman–Crippen LogP) is 3.45. The Balaban J connectivity index is 2.02. The van der Waals surface area contributed by atoms with Crippen molar-refractivity contribution in [2.45, 2.75) is 65.1 Å². The van der Waals surface area contributed by atoms with Crippen LogP contribution in [0.3, 0.4) is 0 Å². The van der Waals surface area contributed by atoms with Gasteiger partial charge in [-0.05, 0) is 52.7 Å². The molecule has 0 spiro atoms. The van der Waals surface area contributed by atoms with Gasteiger partial charge in [0.15, 0.2) is 0 Å². The number of nitrogens with one attached hydrogen (secondary N) is 1. The Labute approximate surface area is 122 Å². The molecule has 0 aromatic carbocycles. The van der Waals surface area contributed by atoms with E-state index in [1.54, 1.807) is 0 Å². The van der Waals surface area contributed by atoms with Crippen LogP contribution in [0.25, 0.3) is 0 Å². The van der Waals surface area contributed by atoms with Crippen molar-refractivity contribution < 1.29 is 0 Å². The number of nitrogens with zero attached hydrogens (tertiary/aromatic N) is 1. The lowest BCUT2D eigenvalue weighted by atomic mass is 9.92. The molecule has 1 aliphatic heterocycles. The van der Waals surface area contributed by atoms with Crippen LogP contribution < -0.4 is 5.32 Å². The second-order valence-corrected chi connectivity index (χ2v) is 7.75. The summed E-state index contributed by atoms with van der Waals surface area (Å²) in [6.07, 6.45) is 2.38. The van der Waals surface area contributed by atoms with E-state index in [1.165, 1.54) is 22.6 Å². The average molecular weight is 280 g/mol. The normalized spacial score (nSPS) is 30.5. The summed E-state index contributed by atoms with van der Waals surface area (Å²) in [5, 5.41) is 3.71. The molecule has 1 N–H and O–H groups in total. The second-order valence-electron chi connectivity index (χ2n) is 6.38. The van der Waals surface area contributed by atoms with Crippen LogP contribution in [0.2, 0.25) is 0 Å². The third-order valence-electron chi connectivity index (χ3n) is 4.56. The largest absolute Gasteiger partial charge is 0.309 e. The quantitative estimate of drug-likeness (QED) is 0.909. The Bertz CT molecular complexity index is 415. The first kappa shape index (κ1) is 15.0. The molecular formula is C16H28N2S. The summed E-state index contributed by atoms with van der Waals surface area (Å²) >= 11 is 1.94. The fraction of sp³-hybridized carbons (Fsp3) is 0.750. The fourth-order valence-corrected chi connectivity index (χ4v) is 3.97. The highest BCUT2D eigenvalue weighted by molar-refractivity contribution is 7.11. The van der Waals surface area contributed by atoms with Crippen LogP contribution >= 0.6 is 11.3 Å². The molecular weight excluding hydrogens is 252 g/mol. The maximum atomic E-state index is 3.71. The third-order valence-corrected chi connectivity index (χ3v) is 5.58. The minimum Gasteiger partial charge on any atom is -0.309 e. The molecule has 2 rings (SSSR count). The smallest absolute Gasteiger partial charge is 0.0278 e. The molecule has 3 atom stereocenters. The number of hydrogen-bond donors (Lipinski definition) is 1. The maximum absolute atomic E-state index is 3.71. The van der Waals surface area contributed by atoms with E-state index in [9.17, 15) is 0 Å². The Morgan fingerprint density at radius 1 is 1.53 bits per heavy atom. The summed E-state index contributed by atoms with van der Waals surface area (Å²) < 4.78 is 0. The van der Waals surface area contributed by atoms with E-state index >= 15 is 0 Å². The molecule has 2 heterocycles. The van der Waals surface area contributed by atoms with Gasteiger partial charge in [0.2, 0.25) is 0 Å². The van der Waals surface area contributed by atoms with Gasteiger partial charge in [-0.15, -0.1) is 11.3 Å². The molecule has 3 unspecified atom stereocenters. The van der Waals surface area contributed by atoms with Gasteiger partial charge in [-0.2, -0.15) is 0 Å². The van der Waals surface area contributed by atoms with E-state index < -0.39 is 0 Å². The van der Waals surface area contributed by atoms with E-state index in [-0.39, 0.29) is 5.54 Å². The molecule has 0 bridgehead atoms. The van der Waals surface area contributed by atoms with Crippen LogP contribution in [0.1, 0.15) is 43.9 Å². The lowest BCUT2D eigenvalue weighted by Gasteiger charge is -2.47. The van der Waals surface area contributed by atoms with Gasteiger partial charge in [-0.3, -0.25) is 4.90 Å². The van der Waals surface area contributed by atoms with E-state index in [2.05, 4.69) is 57.0 Å². The van der Waals surface area contributed by atoms with Crippen molar-refractivity contribution in [2.24, 2.45) is 0 Å². The zero-order valence-electron chi connectivity index (χ0n) is 13.0. The summed E-state index contributed by atoms with van der Waals surface area (Å²) in [6.45, 7) is 13.8. The molecule has 0 saturated carbocycles. The molecule has 1 aromatic rings.